The number of hydrogen-bond acceptors (Lipinski definition) is 5. The lowest BCUT2D eigenvalue weighted by Gasteiger charge is -2.27. The molecule has 2 rings (SSSR count). The number of hydrogen-bond donors (Lipinski definition) is 1. The minimum atomic E-state index is -0.426. The third-order valence-electron chi connectivity index (χ3n) is 2.40. The van der Waals surface area contributed by atoms with E-state index in [2.05, 4.69) is 5.32 Å². The molecule has 1 aliphatic heterocycles. The molecule has 86 valence electrons. The van der Waals surface area contributed by atoms with E-state index in [0.29, 0.717) is 24.7 Å². The summed E-state index contributed by atoms with van der Waals surface area (Å²) in [5.74, 6) is 0.474. The fraction of sp³-hybridized carbons (Fsp3) is 0.400. The average molecular weight is 224 g/mol. The number of nitro benzene ring substituents is 1. The lowest BCUT2D eigenvalue weighted by molar-refractivity contribution is -0.384. The highest BCUT2D eigenvalue weighted by molar-refractivity contribution is 5.64. The molecule has 0 aliphatic carbocycles. The van der Waals surface area contributed by atoms with Gasteiger partial charge >= 0.3 is 0 Å². The molecule has 1 N–H and O–H groups in total. The fourth-order valence-corrected chi connectivity index (χ4v) is 1.45. The van der Waals surface area contributed by atoms with Crippen molar-refractivity contribution in [1.82, 2.24) is 0 Å². The maximum Gasteiger partial charge on any atom is 0.296 e. The van der Waals surface area contributed by atoms with Crippen molar-refractivity contribution in [3.8, 4) is 5.75 Å². The highest BCUT2D eigenvalue weighted by Gasteiger charge is 2.22. The van der Waals surface area contributed by atoms with Crippen LogP contribution < -0.4 is 10.1 Å². The van der Waals surface area contributed by atoms with E-state index in [0.717, 1.165) is 0 Å². The molecular formula is C10H12N2O4. The van der Waals surface area contributed by atoms with E-state index < -0.39 is 4.92 Å². The Labute approximate surface area is 92.3 Å². The molecule has 6 nitrogen and oxygen atoms in total. The van der Waals surface area contributed by atoms with Gasteiger partial charge in [0.15, 0.2) is 0 Å². The first kappa shape index (κ1) is 10.7. The van der Waals surface area contributed by atoms with E-state index in [4.69, 9.17) is 9.47 Å². The van der Waals surface area contributed by atoms with Crippen LogP contribution in [-0.4, -0.2) is 31.3 Å². The normalized spacial score (nSPS) is 15.3. The molecule has 1 saturated heterocycles. The highest BCUT2D eigenvalue weighted by atomic mass is 16.6. The second kappa shape index (κ2) is 4.36. The zero-order valence-electron chi connectivity index (χ0n) is 8.80. The number of anilines is 1. The van der Waals surface area contributed by atoms with Gasteiger partial charge in [0.1, 0.15) is 11.4 Å². The minimum Gasteiger partial charge on any atom is -0.496 e. The van der Waals surface area contributed by atoms with Crippen LogP contribution in [-0.2, 0) is 4.74 Å². The Morgan fingerprint density at radius 3 is 2.81 bits per heavy atom. The molecule has 0 spiro atoms. The van der Waals surface area contributed by atoms with Crippen molar-refractivity contribution < 1.29 is 14.4 Å². The van der Waals surface area contributed by atoms with E-state index in [9.17, 15) is 10.1 Å². The van der Waals surface area contributed by atoms with Gasteiger partial charge in [0.05, 0.1) is 37.4 Å². The molecule has 1 aromatic rings. The second-order valence-corrected chi connectivity index (χ2v) is 3.52. The van der Waals surface area contributed by atoms with Crippen LogP contribution >= 0.6 is 0 Å². The average Bonchev–Trinajstić information content (AvgIpc) is 2.23. The topological polar surface area (TPSA) is 73.6 Å². The Morgan fingerprint density at radius 1 is 1.56 bits per heavy atom. The SMILES string of the molecule is COc1ccc(NC2COC2)c([N+](=O)[O-])c1. The van der Waals surface area contributed by atoms with Crippen molar-refractivity contribution in [2.45, 2.75) is 6.04 Å². The van der Waals surface area contributed by atoms with Crippen LogP contribution in [0.5, 0.6) is 5.75 Å². The summed E-state index contributed by atoms with van der Waals surface area (Å²) in [7, 11) is 1.48. The maximum absolute atomic E-state index is 10.9. The number of nitrogens with one attached hydrogen (secondary N) is 1. The van der Waals surface area contributed by atoms with Gasteiger partial charge < -0.3 is 14.8 Å². The van der Waals surface area contributed by atoms with Gasteiger partial charge in [-0.1, -0.05) is 0 Å². The van der Waals surface area contributed by atoms with Gasteiger partial charge in [0, 0.05) is 0 Å². The lowest BCUT2D eigenvalue weighted by atomic mass is 10.2. The van der Waals surface area contributed by atoms with Crippen LogP contribution in [0.25, 0.3) is 0 Å². The third kappa shape index (κ3) is 2.06. The number of nitro groups is 1. The van der Waals surface area contributed by atoms with Crippen molar-refractivity contribution in [3.05, 3.63) is 28.3 Å². The molecule has 0 atom stereocenters. The predicted octanol–water partition coefficient (Wildman–Crippen LogP) is 1.41. The highest BCUT2D eigenvalue weighted by Crippen LogP contribution is 2.30. The standard InChI is InChI=1S/C10H12N2O4/c1-15-8-2-3-9(10(4-8)12(13)14)11-7-5-16-6-7/h2-4,7,11H,5-6H2,1H3. The van der Waals surface area contributed by atoms with Gasteiger partial charge in [-0.15, -0.1) is 0 Å². The fourth-order valence-electron chi connectivity index (χ4n) is 1.45. The van der Waals surface area contributed by atoms with Gasteiger partial charge in [0.25, 0.3) is 5.69 Å². The molecule has 0 radical (unpaired) electrons. The first-order chi connectivity index (χ1) is 7.70. The predicted molar refractivity (Wildman–Crippen MR) is 57.9 cm³/mol. The molecule has 0 saturated carbocycles. The summed E-state index contributed by atoms with van der Waals surface area (Å²) in [6, 6.07) is 4.90. The minimum absolute atomic E-state index is 0.0197. The van der Waals surface area contributed by atoms with Gasteiger partial charge in [-0.25, -0.2) is 0 Å². The lowest BCUT2D eigenvalue weighted by Crippen LogP contribution is -2.40. The zero-order chi connectivity index (χ0) is 11.5. The second-order valence-electron chi connectivity index (χ2n) is 3.52. The molecule has 16 heavy (non-hydrogen) atoms. The van der Waals surface area contributed by atoms with E-state index >= 15 is 0 Å². The molecule has 0 amide bonds. The van der Waals surface area contributed by atoms with Crippen molar-refractivity contribution in [2.75, 3.05) is 25.6 Å². The number of ether oxygens (including phenoxy) is 2. The molecule has 1 heterocycles. The Bertz CT molecular complexity index is 404. The maximum atomic E-state index is 10.9. The number of methoxy groups -OCH3 is 1. The number of rotatable bonds is 4. The molecule has 0 bridgehead atoms. The van der Waals surface area contributed by atoms with Crippen molar-refractivity contribution in [2.24, 2.45) is 0 Å². The van der Waals surface area contributed by atoms with Crippen LogP contribution in [0.2, 0.25) is 0 Å². The van der Waals surface area contributed by atoms with Gasteiger partial charge in [0.2, 0.25) is 0 Å². The van der Waals surface area contributed by atoms with Gasteiger partial charge in [-0.05, 0) is 12.1 Å². The van der Waals surface area contributed by atoms with Gasteiger partial charge in [-0.3, -0.25) is 10.1 Å². The number of nitrogens with zero attached hydrogens (tertiary/aromatic N) is 1. The zero-order valence-corrected chi connectivity index (χ0v) is 8.80. The molecule has 1 aromatic carbocycles. The Balaban J connectivity index is 2.24. The summed E-state index contributed by atoms with van der Waals surface area (Å²) < 4.78 is 9.94. The van der Waals surface area contributed by atoms with Crippen LogP contribution in [0, 0.1) is 10.1 Å². The molecule has 1 fully saturated rings. The molecule has 6 heteroatoms. The summed E-state index contributed by atoms with van der Waals surface area (Å²) >= 11 is 0. The summed E-state index contributed by atoms with van der Waals surface area (Å²) in [6.07, 6.45) is 0. The largest absolute Gasteiger partial charge is 0.496 e. The quantitative estimate of drug-likeness (QED) is 0.618. The smallest absolute Gasteiger partial charge is 0.296 e. The molecule has 1 aliphatic rings. The molecular weight excluding hydrogens is 212 g/mol. The first-order valence-electron chi connectivity index (χ1n) is 4.87. The monoisotopic (exact) mass is 224 g/mol. The van der Waals surface area contributed by atoms with E-state index in [-0.39, 0.29) is 11.7 Å². The van der Waals surface area contributed by atoms with Crippen molar-refractivity contribution >= 4 is 11.4 Å². The summed E-state index contributed by atoms with van der Waals surface area (Å²) in [4.78, 5) is 10.4. The molecule has 0 unspecified atom stereocenters. The summed E-state index contributed by atoms with van der Waals surface area (Å²) in [6.45, 7) is 1.17. The first-order valence-corrected chi connectivity index (χ1v) is 4.87. The number of benzene rings is 1. The van der Waals surface area contributed by atoms with E-state index in [1.54, 1.807) is 12.1 Å². The Morgan fingerprint density at radius 2 is 2.31 bits per heavy atom. The Hall–Kier alpha value is -1.82. The summed E-state index contributed by atoms with van der Waals surface area (Å²) in [5, 5.41) is 13.9. The van der Waals surface area contributed by atoms with Crippen molar-refractivity contribution in [3.63, 3.8) is 0 Å². The van der Waals surface area contributed by atoms with Crippen molar-refractivity contribution in [1.29, 1.82) is 0 Å². The molecule has 0 aromatic heterocycles. The third-order valence-corrected chi connectivity index (χ3v) is 2.40. The Kier molecular flexibility index (Phi) is 2.91. The summed E-state index contributed by atoms with van der Waals surface area (Å²) in [5.41, 5.74) is 0.519. The van der Waals surface area contributed by atoms with E-state index in [1.807, 2.05) is 0 Å². The van der Waals surface area contributed by atoms with Gasteiger partial charge in [-0.2, -0.15) is 0 Å². The van der Waals surface area contributed by atoms with Crippen LogP contribution in [0.15, 0.2) is 18.2 Å². The van der Waals surface area contributed by atoms with Crippen LogP contribution in [0.3, 0.4) is 0 Å². The van der Waals surface area contributed by atoms with E-state index in [1.165, 1.54) is 13.2 Å². The van der Waals surface area contributed by atoms with Crippen LogP contribution in [0.1, 0.15) is 0 Å². The van der Waals surface area contributed by atoms with Crippen LogP contribution in [0.4, 0.5) is 11.4 Å².